The lowest BCUT2D eigenvalue weighted by Crippen LogP contribution is -2.39. The van der Waals surface area contributed by atoms with Crippen LogP contribution in [-0.2, 0) is 25.9 Å². The summed E-state index contributed by atoms with van der Waals surface area (Å²) in [5.74, 6) is 1.64. The number of aromatic nitrogens is 2. The fraction of sp³-hybridized carbons (Fsp3) is 0.882. The van der Waals surface area contributed by atoms with Gasteiger partial charge in [0, 0.05) is 32.8 Å². The molecule has 1 unspecified atom stereocenters. The number of nitrogens with zero attached hydrogens (tertiary/aromatic N) is 3. The standard InChI is InChI=1S/C17H29N3O5S/c1-2-26(21,22)20-9-4-3-5-15(20)17-18-16(19-25-17)8-12-24-13-14-6-10-23-11-7-14/h14-15H,2-13H2,1H3. The molecule has 3 heterocycles. The first-order valence-corrected chi connectivity index (χ1v) is 11.2. The molecule has 8 nitrogen and oxygen atoms in total. The number of piperidine rings is 1. The number of sulfonamides is 1. The van der Waals surface area contributed by atoms with Gasteiger partial charge in [-0.2, -0.15) is 9.29 Å². The molecule has 3 rings (SSSR count). The quantitative estimate of drug-likeness (QED) is 0.629. The number of ether oxygens (including phenoxy) is 2. The Morgan fingerprint density at radius 3 is 2.81 bits per heavy atom. The van der Waals surface area contributed by atoms with Crippen LogP contribution in [0.1, 0.15) is 56.8 Å². The lowest BCUT2D eigenvalue weighted by molar-refractivity contribution is 0.0211. The topological polar surface area (TPSA) is 94.8 Å². The molecule has 26 heavy (non-hydrogen) atoms. The second kappa shape index (κ2) is 9.25. The third-order valence-corrected chi connectivity index (χ3v) is 6.99. The smallest absolute Gasteiger partial charge is 0.245 e. The maximum atomic E-state index is 12.3. The minimum absolute atomic E-state index is 0.0878. The Kier molecular flexibility index (Phi) is 7.02. The molecule has 1 atom stereocenters. The summed E-state index contributed by atoms with van der Waals surface area (Å²) < 4.78 is 42.6. The largest absolute Gasteiger partial charge is 0.381 e. The van der Waals surface area contributed by atoms with Gasteiger partial charge in [0.1, 0.15) is 6.04 Å². The van der Waals surface area contributed by atoms with Crippen molar-refractivity contribution in [3.8, 4) is 0 Å². The Labute approximate surface area is 155 Å². The molecule has 2 fully saturated rings. The van der Waals surface area contributed by atoms with Gasteiger partial charge >= 0.3 is 0 Å². The van der Waals surface area contributed by atoms with Crippen molar-refractivity contribution in [1.82, 2.24) is 14.4 Å². The van der Waals surface area contributed by atoms with Crippen molar-refractivity contribution in [2.24, 2.45) is 5.92 Å². The van der Waals surface area contributed by atoms with E-state index in [4.69, 9.17) is 14.0 Å². The molecule has 0 saturated carbocycles. The summed E-state index contributed by atoms with van der Waals surface area (Å²) in [6, 6.07) is -0.335. The van der Waals surface area contributed by atoms with Gasteiger partial charge in [0.2, 0.25) is 15.9 Å². The van der Waals surface area contributed by atoms with E-state index in [-0.39, 0.29) is 11.8 Å². The molecule has 0 amide bonds. The number of rotatable bonds is 8. The minimum atomic E-state index is -3.27. The van der Waals surface area contributed by atoms with Crippen molar-refractivity contribution in [3.05, 3.63) is 11.7 Å². The van der Waals surface area contributed by atoms with Crippen LogP contribution in [0.25, 0.3) is 0 Å². The van der Waals surface area contributed by atoms with E-state index >= 15 is 0 Å². The second-order valence-corrected chi connectivity index (χ2v) is 9.16. The van der Waals surface area contributed by atoms with E-state index in [2.05, 4.69) is 10.1 Å². The van der Waals surface area contributed by atoms with Gasteiger partial charge in [0.25, 0.3) is 0 Å². The van der Waals surface area contributed by atoms with Crippen LogP contribution >= 0.6 is 0 Å². The predicted molar refractivity (Wildman–Crippen MR) is 95.1 cm³/mol. The third kappa shape index (κ3) is 5.03. The van der Waals surface area contributed by atoms with Gasteiger partial charge < -0.3 is 14.0 Å². The van der Waals surface area contributed by atoms with Gasteiger partial charge in [-0.15, -0.1) is 0 Å². The van der Waals surface area contributed by atoms with Crippen LogP contribution in [-0.4, -0.2) is 61.6 Å². The molecule has 0 aromatic carbocycles. The summed E-state index contributed by atoms with van der Waals surface area (Å²) >= 11 is 0. The van der Waals surface area contributed by atoms with Gasteiger partial charge in [-0.1, -0.05) is 11.6 Å². The molecule has 0 N–H and O–H groups in total. The first-order chi connectivity index (χ1) is 12.6. The second-order valence-electron chi connectivity index (χ2n) is 6.95. The summed E-state index contributed by atoms with van der Waals surface area (Å²) in [5, 5.41) is 4.01. The summed E-state index contributed by atoms with van der Waals surface area (Å²) in [6.45, 7) is 5.10. The Morgan fingerprint density at radius 2 is 2.04 bits per heavy atom. The zero-order valence-corrected chi connectivity index (χ0v) is 16.2. The van der Waals surface area contributed by atoms with E-state index in [0.29, 0.717) is 37.2 Å². The number of hydrogen-bond acceptors (Lipinski definition) is 7. The van der Waals surface area contributed by atoms with E-state index < -0.39 is 10.0 Å². The first kappa shape index (κ1) is 19.7. The van der Waals surface area contributed by atoms with Crippen LogP contribution in [0.2, 0.25) is 0 Å². The molecule has 1 aromatic heterocycles. The molecule has 148 valence electrons. The van der Waals surface area contributed by atoms with Crippen LogP contribution in [0.5, 0.6) is 0 Å². The zero-order valence-electron chi connectivity index (χ0n) is 15.4. The fourth-order valence-corrected chi connectivity index (χ4v) is 4.80. The van der Waals surface area contributed by atoms with Crippen LogP contribution in [0, 0.1) is 5.92 Å². The van der Waals surface area contributed by atoms with Crippen LogP contribution in [0.15, 0.2) is 4.52 Å². The van der Waals surface area contributed by atoms with Gasteiger partial charge in [-0.25, -0.2) is 8.42 Å². The minimum Gasteiger partial charge on any atom is -0.381 e. The van der Waals surface area contributed by atoms with Gasteiger partial charge in [0.15, 0.2) is 5.82 Å². The van der Waals surface area contributed by atoms with E-state index in [1.165, 1.54) is 4.31 Å². The summed E-state index contributed by atoms with van der Waals surface area (Å²) in [7, 11) is -3.27. The van der Waals surface area contributed by atoms with Crippen LogP contribution in [0.4, 0.5) is 0 Å². The molecular weight excluding hydrogens is 358 g/mol. The first-order valence-electron chi connectivity index (χ1n) is 9.57. The zero-order chi connectivity index (χ0) is 18.4. The molecule has 2 aliphatic rings. The number of hydrogen-bond donors (Lipinski definition) is 0. The maximum Gasteiger partial charge on any atom is 0.245 e. The van der Waals surface area contributed by atoms with Gasteiger partial charge in [-0.3, -0.25) is 0 Å². The van der Waals surface area contributed by atoms with Crippen molar-refractivity contribution >= 4 is 10.0 Å². The SMILES string of the molecule is CCS(=O)(=O)N1CCCCC1c1nc(CCOCC2CCOCC2)no1. The van der Waals surface area contributed by atoms with E-state index in [0.717, 1.165) is 51.9 Å². The van der Waals surface area contributed by atoms with Crippen LogP contribution in [0.3, 0.4) is 0 Å². The fourth-order valence-electron chi connectivity index (χ4n) is 3.48. The highest BCUT2D eigenvalue weighted by molar-refractivity contribution is 7.89. The molecule has 0 radical (unpaired) electrons. The van der Waals surface area contributed by atoms with Crippen molar-refractivity contribution in [2.75, 3.05) is 38.7 Å². The molecular formula is C17H29N3O5S. The van der Waals surface area contributed by atoms with Gasteiger partial charge in [-0.05, 0) is 38.5 Å². The van der Waals surface area contributed by atoms with Crippen molar-refractivity contribution in [2.45, 2.75) is 51.5 Å². The Balaban J connectivity index is 1.51. The lowest BCUT2D eigenvalue weighted by atomic mass is 10.0. The highest BCUT2D eigenvalue weighted by Crippen LogP contribution is 2.32. The molecule has 1 aromatic rings. The Bertz CT molecular complexity index is 657. The van der Waals surface area contributed by atoms with Gasteiger partial charge in [0.05, 0.1) is 12.4 Å². The van der Waals surface area contributed by atoms with E-state index in [9.17, 15) is 8.42 Å². The molecule has 9 heteroatoms. The predicted octanol–water partition coefficient (Wildman–Crippen LogP) is 1.93. The Hall–Kier alpha value is -1.03. The average Bonchev–Trinajstić information content (AvgIpc) is 3.15. The van der Waals surface area contributed by atoms with Crippen molar-refractivity contribution in [1.29, 1.82) is 0 Å². The molecule has 0 spiro atoms. The van der Waals surface area contributed by atoms with E-state index in [1.807, 2.05) is 0 Å². The van der Waals surface area contributed by atoms with E-state index in [1.54, 1.807) is 6.92 Å². The molecule has 0 aliphatic carbocycles. The molecule has 0 bridgehead atoms. The molecule has 2 aliphatic heterocycles. The summed E-state index contributed by atoms with van der Waals surface area (Å²) in [5.41, 5.74) is 0. The monoisotopic (exact) mass is 387 g/mol. The van der Waals surface area contributed by atoms with Crippen molar-refractivity contribution in [3.63, 3.8) is 0 Å². The average molecular weight is 388 g/mol. The highest BCUT2D eigenvalue weighted by Gasteiger charge is 2.35. The summed E-state index contributed by atoms with van der Waals surface area (Å²) in [4.78, 5) is 4.43. The maximum absolute atomic E-state index is 12.3. The van der Waals surface area contributed by atoms with Crippen molar-refractivity contribution < 1.29 is 22.4 Å². The molecule has 2 saturated heterocycles. The lowest BCUT2D eigenvalue weighted by Gasteiger charge is -2.31. The Morgan fingerprint density at radius 1 is 1.23 bits per heavy atom. The highest BCUT2D eigenvalue weighted by atomic mass is 32.2. The normalized spacial score (nSPS) is 23.3. The summed E-state index contributed by atoms with van der Waals surface area (Å²) in [6.07, 6.45) is 5.23. The third-order valence-electron chi connectivity index (χ3n) is 5.11. The van der Waals surface area contributed by atoms with Crippen LogP contribution < -0.4 is 0 Å².